The summed E-state index contributed by atoms with van der Waals surface area (Å²) in [6.07, 6.45) is 13.3. The van der Waals surface area contributed by atoms with E-state index in [-0.39, 0.29) is 5.82 Å². The molecular formula is C22H27FN4. The molecule has 142 valence electrons. The van der Waals surface area contributed by atoms with Crippen molar-refractivity contribution in [3.05, 3.63) is 59.7 Å². The van der Waals surface area contributed by atoms with Crippen molar-refractivity contribution in [2.45, 2.75) is 32.2 Å². The molecule has 1 fully saturated rings. The third-order valence-corrected chi connectivity index (χ3v) is 5.57. The summed E-state index contributed by atoms with van der Waals surface area (Å²) in [7, 11) is 2.05. The maximum absolute atomic E-state index is 15.6. The van der Waals surface area contributed by atoms with E-state index in [1.807, 2.05) is 31.1 Å². The number of fused-ring (bicyclic) bond motifs is 1. The van der Waals surface area contributed by atoms with Crippen molar-refractivity contribution in [3.63, 3.8) is 0 Å². The van der Waals surface area contributed by atoms with Crippen molar-refractivity contribution in [3.8, 4) is 0 Å². The number of allylic oxidation sites excluding steroid dienone is 3. The minimum atomic E-state index is -0.220. The molecule has 3 N–H and O–H groups in total. The Morgan fingerprint density at radius 1 is 1.30 bits per heavy atom. The number of nitrogens with one attached hydrogen (secondary N) is 1. The van der Waals surface area contributed by atoms with Gasteiger partial charge in [-0.2, -0.15) is 0 Å². The van der Waals surface area contributed by atoms with E-state index in [0.29, 0.717) is 29.6 Å². The highest BCUT2D eigenvalue weighted by Crippen LogP contribution is 2.47. The van der Waals surface area contributed by atoms with Gasteiger partial charge in [-0.05, 0) is 61.2 Å². The fourth-order valence-electron chi connectivity index (χ4n) is 3.74. The van der Waals surface area contributed by atoms with Crippen LogP contribution in [0.1, 0.15) is 30.4 Å². The molecule has 0 amide bonds. The van der Waals surface area contributed by atoms with Gasteiger partial charge in [-0.15, -0.1) is 0 Å². The van der Waals surface area contributed by atoms with E-state index < -0.39 is 0 Å². The molecule has 0 aromatic heterocycles. The van der Waals surface area contributed by atoms with Crippen molar-refractivity contribution in [2.75, 3.05) is 36.1 Å². The summed E-state index contributed by atoms with van der Waals surface area (Å²) in [6.45, 7) is 7.53. The number of anilines is 3. The van der Waals surface area contributed by atoms with Gasteiger partial charge in [0.2, 0.25) is 0 Å². The lowest BCUT2D eigenvalue weighted by atomic mass is 9.94. The zero-order valence-electron chi connectivity index (χ0n) is 16.1. The molecule has 0 bridgehead atoms. The zero-order chi connectivity index (χ0) is 19.1. The lowest BCUT2D eigenvalue weighted by Crippen LogP contribution is -2.25. The molecule has 3 aliphatic rings. The average Bonchev–Trinajstić information content (AvgIpc) is 3.49. The Kier molecular flexibility index (Phi) is 4.46. The fourth-order valence-corrected chi connectivity index (χ4v) is 3.74. The Morgan fingerprint density at radius 3 is 2.74 bits per heavy atom. The standard InChI is InChI=1S/C22H27FN4/c1-14-7-13-27(17-4-5-17)22-18(14)20(24)15(2)21(19(22)23)25-10-6-16-8-11-26(3)12-9-16/h7-9,11,13,17,25H,1,4-6,10,12,24H2,2-3H3. The Bertz CT molecular complexity index is 877. The molecule has 0 spiro atoms. The first-order valence-electron chi connectivity index (χ1n) is 9.56. The van der Waals surface area contributed by atoms with E-state index in [1.165, 1.54) is 5.57 Å². The van der Waals surface area contributed by atoms with Crippen LogP contribution in [0, 0.1) is 12.7 Å². The van der Waals surface area contributed by atoms with Crippen molar-refractivity contribution >= 4 is 22.6 Å². The van der Waals surface area contributed by atoms with E-state index in [4.69, 9.17) is 5.73 Å². The van der Waals surface area contributed by atoms with Gasteiger partial charge in [0, 0.05) is 43.6 Å². The summed E-state index contributed by atoms with van der Waals surface area (Å²) in [4.78, 5) is 4.15. The van der Waals surface area contributed by atoms with Crippen molar-refractivity contribution in [2.24, 2.45) is 0 Å². The molecule has 0 radical (unpaired) electrons. The summed E-state index contributed by atoms with van der Waals surface area (Å²) in [6, 6.07) is 0.368. The lowest BCUT2D eigenvalue weighted by Gasteiger charge is -2.31. The number of rotatable bonds is 5. The van der Waals surface area contributed by atoms with E-state index in [0.717, 1.165) is 42.5 Å². The molecule has 5 heteroatoms. The molecule has 2 aliphatic heterocycles. The van der Waals surface area contributed by atoms with Crippen LogP contribution in [0.3, 0.4) is 0 Å². The predicted molar refractivity (Wildman–Crippen MR) is 112 cm³/mol. The topological polar surface area (TPSA) is 44.5 Å². The molecule has 1 aromatic rings. The van der Waals surface area contributed by atoms with Crippen LogP contribution in [0.15, 0.2) is 42.8 Å². The molecule has 4 rings (SSSR count). The highest BCUT2D eigenvalue weighted by molar-refractivity contribution is 5.95. The normalized spacial score (nSPS) is 18.6. The van der Waals surface area contributed by atoms with Gasteiger partial charge in [0.1, 0.15) is 0 Å². The van der Waals surface area contributed by atoms with Crippen molar-refractivity contribution in [1.82, 2.24) is 4.90 Å². The van der Waals surface area contributed by atoms with Crippen LogP contribution in [0.25, 0.3) is 5.57 Å². The first-order chi connectivity index (χ1) is 13.0. The molecule has 0 atom stereocenters. The Morgan fingerprint density at radius 2 is 2.07 bits per heavy atom. The second-order valence-corrected chi connectivity index (χ2v) is 7.64. The molecule has 1 aliphatic carbocycles. The summed E-state index contributed by atoms with van der Waals surface area (Å²) >= 11 is 0. The number of likely N-dealkylation sites (N-methyl/N-ethyl adjacent to an activating group) is 1. The summed E-state index contributed by atoms with van der Waals surface area (Å²) in [5.74, 6) is -0.220. The van der Waals surface area contributed by atoms with E-state index in [2.05, 4.69) is 35.1 Å². The highest BCUT2D eigenvalue weighted by atomic mass is 19.1. The summed E-state index contributed by atoms with van der Waals surface area (Å²) < 4.78 is 15.6. The SMILES string of the molecule is C=C1C=CN(C2CC2)c2c(F)c(NCCC3=CCN(C)C=C3)c(C)c(N)c21. The monoisotopic (exact) mass is 366 g/mol. The smallest absolute Gasteiger partial charge is 0.170 e. The Balaban J connectivity index is 1.60. The van der Waals surface area contributed by atoms with Crippen LogP contribution >= 0.6 is 0 Å². The third kappa shape index (κ3) is 3.22. The number of nitrogen functional groups attached to an aromatic ring is 1. The Labute approximate surface area is 160 Å². The molecule has 27 heavy (non-hydrogen) atoms. The van der Waals surface area contributed by atoms with Gasteiger partial charge in [-0.25, -0.2) is 4.39 Å². The van der Waals surface area contributed by atoms with E-state index >= 15 is 4.39 Å². The fraction of sp³-hybridized carbons (Fsp3) is 0.364. The first-order valence-corrected chi connectivity index (χ1v) is 9.56. The molecule has 0 unspecified atom stereocenters. The van der Waals surface area contributed by atoms with Gasteiger partial charge in [0.05, 0.1) is 11.4 Å². The van der Waals surface area contributed by atoms with E-state index in [1.54, 1.807) is 0 Å². The highest BCUT2D eigenvalue weighted by Gasteiger charge is 2.35. The summed E-state index contributed by atoms with van der Waals surface area (Å²) in [5.41, 5.74) is 11.7. The van der Waals surface area contributed by atoms with Gasteiger partial charge >= 0.3 is 0 Å². The zero-order valence-corrected chi connectivity index (χ0v) is 16.1. The van der Waals surface area contributed by atoms with Crippen LogP contribution < -0.4 is 16.0 Å². The average molecular weight is 366 g/mol. The molecule has 0 saturated heterocycles. The van der Waals surface area contributed by atoms with Gasteiger partial charge in [-0.3, -0.25) is 0 Å². The van der Waals surface area contributed by atoms with Gasteiger partial charge < -0.3 is 20.9 Å². The van der Waals surface area contributed by atoms with Crippen LogP contribution in [-0.2, 0) is 0 Å². The second kappa shape index (κ2) is 6.80. The van der Waals surface area contributed by atoms with Crippen LogP contribution in [0.4, 0.5) is 21.5 Å². The van der Waals surface area contributed by atoms with Crippen molar-refractivity contribution in [1.29, 1.82) is 0 Å². The maximum Gasteiger partial charge on any atom is 0.170 e. The molecule has 2 heterocycles. The second-order valence-electron chi connectivity index (χ2n) is 7.64. The molecule has 1 aromatic carbocycles. The molecule has 1 saturated carbocycles. The predicted octanol–water partition coefficient (Wildman–Crippen LogP) is 4.41. The van der Waals surface area contributed by atoms with E-state index in [9.17, 15) is 0 Å². The largest absolute Gasteiger partial charge is 0.398 e. The number of benzene rings is 1. The minimum Gasteiger partial charge on any atom is -0.398 e. The summed E-state index contributed by atoms with van der Waals surface area (Å²) in [5, 5.41) is 3.30. The third-order valence-electron chi connectivity index (χ3n) is 5.57. The van der Waals surface area contributed by atoms with Crippen LogP contribution in [-0.4, -0.2) is 31.1 Å². The maximum atomic E-state index is 15.6. The number of nitrogens with two attached hydrogens (primary N) is 1. The lowest BCUT2D eigenvalue weighted by molar-refractivity contribution is 0.501. The molecular weight excluding hydrogens is 339 g/mol. The number of hydrogen-bond acceptors (Lipinski definition) is 4. The Hall–Kier alpha value is -2.69. The van der Waals surface area contributed by atoms with Crippen LogP contribution in [0.5, 0.6) is 0 Å². The molecule has 4 nitrogen and oxygen atoms in total. The number of hydrogen-bond donors (Lipinski definition) is 2. The van der Waals surface area contributed by atoms with Gasteiger partial charge in [0.25, 0.3) is 0 Å². The van der Waals surface area contributed by atoms with Crippen LogP contribution in [0.2, 0.25) is 0 Å². The minimum absolute atomic E-state index is 0.220. The van der Waals surface area contributed by atoms with Gasteiger partial charge in [-0.1, -0.05) is 12.7 Å². The first kappa shape index (κ1) is 17.7. The quantitative estimate of drug-likeness (QED) is 0.758. The van der Waals surface area contributed by atoms with Crippen molar-refractivity contribution < 1.29 is 4.39 Å². The number of halogens is 1. The number of nitrogens with zero attached hydrogens (tertiary/aromatic N) is 2. The van der Waals surface area contributed by atoms with Gasteiger partial charge in [0.15, 0.2) is 5.82 Å².